The Morgan fingerprint density at radius 1 is 1.54 bits per heavy atom. The second kappa shape index (κ2) is 11.7. The van der Waals surface area contributed by atoms with Crippen LogP contribution in [0.4, 0.5) is 5.82 Å². The average molecular weight is 468 g/mol. The summed E-state index contributed by atoms with van der Waals surface area (Å²) >= 11 is 6.23. The van der Waals surface area contributed by atoms with Crippen molar-refractivity contribution < 1.29 is 4.74 Å². The first-order valence-corrected chi connectivity index (χ1v) is 8.51. The number of hydrogen-bond donors (Lipinski definition) is 2. The van der Waals surface area contributed by atoms with Gasteiger partial charge in [-0.15, -0.1) is 24.0 Å². The Labute approximate surface area is 166 Å². The van der Waals surface area contributed by atoms with E-state index < -0.39 is 0 Å². The average Bonchev–Trinajstić information content (AvgIpc) is 3.00. The van der Waals surface area contributed by atoms with Crippen LogP contribution in [-0.4, -0.2) is 56.9 Å². The molecule has 136 valence electrons. The molecular weight excluding hydrogens is 441 g/mol. The summed E-state index contributed by atoms with van der Waals surface area (Å²) < 4.78 is 5.06. The highest BCUT2D eigenvalue weighted by Crippen LogP contribution is 2.25. The fraction of sp³-hybridized carbons (Fsp3) is 0.625. The zero-order valence-electron chi connectivity index (χ0n) is 14.3. The van der Waals surface area contributed by atoms with Gasteiger partial charge in [0, 0.05) is 52.1 Å². The standard InChI is InChI=1S/C16H26ClN5O.HI/c1-3-18-16(20-9-5-11-23-2)21-13-7-10-22(12-13)15-14(17)6-4-8-19-15;/h4,6,8,13H,3,5,7,9-12H2,1-2H3,(H2,18,20,21);1H. The Kier molecular flexibility index (Phi) is 10.4. The van der Waals surface area contributed by atoms with Crippen LogP contribution in [0.25, 0.3) is 0 Å². The first-order valence-electron chi connectivity index (χ1n) is 8.13. The van der Waals surface area contributed by atoms with E-state index in [1.807, 2.05) is 12.1 Å². The molecule has 0 bridgehead atoms. The van der Waals surface area contributed by atoms with Crippen LogP contribution in [0, 0.1) is 0 Å². The lowest BCUT2D eigenvalue weighted by Gasteiger charge is -2.20. The molecule has 2 rings (SSSR count). The molecule has 2 N–H and O–H groups in total. The Morgan fingerprint density at radius 3 is 3.08 bits per heavy atom. The minimum Gasteiger partial charge on any atom is -0.385 e. The van der Waals surface area contributed by atoms with Crippen LogP contribution in [0.1, 0.15) is 19.8 Å². The van der Waals surface area contributed by atoms with E-state index in [0.29, 0.717) is 11.1 Å². The smallest absolute Gasteiger partial charge is 0.191 e. The number of aliphatic imine (C=N–C) groups is 1. The minimum atomic E-state index is 0. The second-order valence-electron chi connectivity index (χ2n) is 5.49. The number of rotatable bonds is 7. The lowest BCUT2D eigenvalue weighted by molar-refractivity contribution is 0.197. The molecule has 0 radical (unpaired) electrons. The van der Waals surface area contributed by atoms with Gasteiger partial charge in [-0.05, 0) is 31.9 Å². The quantitative estimate of drug-likeness (QED) is 0.279. The van der Waals surface area contributed by atoms with Crippen molar-refractivity contribution in [1.82, 2.24) is 15.6 Å². The zero-order chi connectivity index (χ0) is 16.5. The Morgan fingerprint density at radius 2 is 2.38 bits per heavy atom. The van der Waals surface area contributed by atoms with Crippen molar-refractivity contribution in [2.45, 2.75) is 25.8 Å². The van der Waals surface area contributed by atoms with E-state index >= 15 is 0 Å². The summed E-state index contributed by atoms with van der Waals surface area (Å²) in [6.45, 7) is 6.22. The van der Waals surface area contributed by atoms with Crippen molar-refractivity contribution in [2.75, 3.05) is 44.8 Å². The Hall–Kier alpha value is -0.800. The van der Waals surface area contributed by atoms with Crippen molar-refractivity contribution in [3.8, 4) is 0 Å². The molecule has 0 amide bonds. The van der Waals surface area contributed by atoms with Gasteiger partial charge in [-0.3, -0.25) is 4.99 Å². The molecule has 1 saturated heterocycles. The van der Waals surface area contributed by atoms with E-state index in [-0.39, 0.29) is 24.0 Å². The van der Waals surface area contributed by atoms with Crippen molar-refractivity contribution in [3.05, 3.63) is 23.4 Å². The van der Waals surface area contributed by atoms with Crippen LogP contribution >= 0.6 is 35.6 Å². The van der Waals surface area contributed by atoms with Crippen LogP contribution in [0.15, 0.2) is 23.3 Å². The molecule has 0 aromatic carbocycles. The molecule has 1 aliphatic rings. The third kappa shape index (κ3) is 6.60. The number of anilines is 1. The molecule has 1 unspecified atom stereocenters. The third-order valence-corrected chi connectivity index (χ3v) is 3.98. The van der Waals surface area contributed by atoms with Gasteiger partial charge in [0.1, 0.15) is 5.82 Å². The normalized spacial score (nSPS) is 17.5. The van der Waals surface area contributed by atoms with Gasteiger partial charge >= 0.3 is 0 Å². The summed E-state index contributed by atoms with van der Waals surface area (Å²) in [5.41, 5.74) is 0. The molecule has 1 fully saturated rings. The number of aromatic nitrogens is 1. The molecule has 0 spiro atoms. The highest BCUT2D eigenvalue weighted by Gasteiger charge is 2.25. The van der Waals surface area contributed by atoms with Crippen molar-refractivity contribution in [3.63, 3.8) is 0 Å². The summed E-state index contributed by atoms with van der Waals surface area (Å²) in [4.78, 5) is 11.2. The van der Waals surface area contributed by atoms with Gasteiger partial charge in [0.15, 0.2) is 5.96 Å². The fourth-order valence-corrected chi connectivity index (χ4v) is 2.83. The van der Waals surface area contributed by atoms with Gasteiger partial charge in [0.05, 0.1) is 5.02 Å². The molecular formula is C16H27ClIN5O. The Balaban J connectivity index is 0.00000288. The van der Waals surface area contributed by atoms with Crippen LogP contribution in [0.5, 0.6) is 0 Å². The van der Waals surface area contributed by atoms with Gasteiger partial charge in [-0.1, -0.05) is 11.6 Å². The number of halogens is 2. The van der Waals surface area contributed by atoms with Gasteiger partial charge in [0.25, 0.3) is 0 Å². The molecule has 6 nitrogen and oxygen atoms in total. The lowest BCUT2D eigenvalue weighted by atomic mass is 10.3. The summed E-state index contributed by atoms with van der Waals surface area (Å²) in [5.74, 6) is 1.73. The van der Waals surface area contributed by atoms with E-state index in [9.17, 15) is 0 Å². The van der Waals surface area contributed by atoms with E-state index in [1.165, 1.54) is 0 Å². The van der Waals surface area contributed by atoms with Gasteiger partial charge in [-0.2, -0.15) is 0 Å². The maximum Gasteiger partial charge on any atom is 0.191 e. The predicted molar refractivity (Wildman–Crippen MR) is 111 cm³/mol. The van der Waals surface area contributed by atoms with E-state index in [1.54, 1.807) is 13.3 Å². The maximum absolute atomic E-state index is 6.23. The molecule has 24 heavy (non-hydrogen) atoms. The zero-order valence-corrected chi connectivity index (χ0v) is 17.4. The molecule has 0 aliphatic carbocycles. The number of ether oxygens (including phenoxy) is 1. The van der Waals surface area contributed by atoms with Crippen LogP contribution < -0.4 is 15.5 Å². The molecule has 1 aliphatic heterocycles. The lowest BCUT2D eigenvalue weighted by Crippen LogP contribution is -2.44. The SMILES string of the molecule is CCNC(=NCCCOC)NC1CCN(c2ncccc2Cl)C1.I. The highest BCUT2D eigenvalue weighted by molar-refractivity contribution is 14.0. The molecule has 0 saturated carbocycles. The summed E-state index contributed by atoms with van der Waals surface area (Å²) in [6.07, 6.45) is 3.74. The van der Waals surface area contributed by atoms with Gasteiger partial charge in [-0.25, -0.2) is 4.98 Å². The largest absolute Gasteiger partial charge is 0.385 e. The number of pyridine rings is 1. The number of methoxy groups -OCH3 is 1. The molecule has 1 atom stereocenters. The number of nitrogens with zero attached hydrogens (tertiary/aromatic N) is 3. The topological polar surface area (TPSA) is 61.8 Å². The summed E-state index contributed by atoms with van der Waals surface area (Å²) in [5, 5.41) is 7.49. The predicted octanol–water partition coefficient (Wildman–Crippen LogP) is 2.52. The first kappa shape index (κ1) is 21.2. The van der Waals surface area contributed by atoms with Gasteiger partial charge in [0.2, 0.25) is 0 Å². The van der Waals surface area contributed by atoms with Crippen molar-refractivity contribution in [1.29, 1.82) is 0 Å². The second-order valence-corrected chi connectivity index (χ2v) is 5.90. The fourth-order valence-electron chi connectivity index (χ4n) is 2.59. The number of guanidine groups is 1. The van der Waals surface area contributed by atoms with Crippen molar-refractivity contribution in [2.24, 2.45) is 4.99 Å². The number of hydrogen-bond acceptors (Lipinski definition) is 4. The molecule has 8 heteroatoms. The number of nitrogens with one attached hydrogen (secondary N) is 2. The van der Waals surface area contributed by atoms with Gasteiger partial charge < -0.3 is 20.3 Å². The maximum atomic E-state index is 6.23. The van der Waals surface area contributed by atoms with Crippen molar-refractivity contribution >= 4 is 47.4 Å². The summed E-state index contributed by atoms with van der Waals surface area (Å²) in [7, 11) is 1.71. The monoisotopic (exact) mass is 467 g/mol. The van der Waals surface area contributed by atoms with Crippen LogP contribution in [0.2, 0.25) is 5.02 Å². The highest BCUT2D eigenvalue weighted by atomic mass is 127. The molecule has 2 heterocycles. The Bertz CT molecular complexity index is 517. The summed E-state index contributed by atoms with van der Waals surface area (Å²) in [6, 6.07) is 4.08. The van der Waals surface area contributed by atoms with Crippen LogP contribution in [-0.2, 0) is 4.74 Å². The molecule has 1 aromatic heterocycles. The first-order chi connectivity index (χ1) is 11.2. The van der Waals surface area contributed by atoms with E-state index in [0.717, 1.165) is 57.4 Å². The minimum absolute atomic E-state index is 0. The van der Waals surface area contributed by atoms with E-state index in [2.05, 4.69) is 32.4 Å². The third-order valence-electron chi connectivity index (χ3n) is 3.69. The molecule has 1 aromatic rings. The van der Waals surface area contributed by atoms with Crippen LogP contribution in [0.3, 0.4) is 0 Å². The van der Waals surface area contributed by atoms with E-state index in [4.69, 9.17) is 16.3 Å².